The van der Waals surface area contributed by atoms with Crippen LogP contribution in [0.3, 0.4) is 0 Å². The van der Waals surface area contributed by atoms with Crippen molar-refractivity contribution in [2.75, 3.05) is 0 Å². The summed E-state index contributed by atoms with van der Waals surface area (Å²) in [5.74, 6) is 0. The van der Waals surface area contributed by atoms with Crippen LogP contribution in [-0.4, -0.2) is 11.1 Å². The number of hydrogen-bond acceptors (Lipinski definition) is 1. The molecular formula is C15H21N. The first kappa shape index (κ1) is 11.4. The second kappa shape index (κ2) is 3.74. The Morgan fingerprint density at radius 2 is 1.62 bits per heavy atom. The van der Waals surface area contributed by atoms with Crippen molar-refractivity contribution in [3.8, 4) is 0 Å². The fourth-order valence-corrected chi connectivity index (χ4v) is 2.75. The summed E-state index contributed by atoms with van der Waals surface area (Å²) in [7, 11) is 0. The number of benzene rings is 1. The highest BCUT2D eigenvalue weighted by Gasteiger charge is 2.32. The van der Waals surface area contributed by atoms with Crippen LogP contribution in [0.2, 0.25) is 0 Å². The minimum atomic E-state index is 0.0763. The molecule has 1 nitrogen and oxygen atoms in total. The largest absolute Gasteiger partial charge is 0.303 e. The highest BCUT2D eigenvalue weighted by Crippen LogP contribution is 2.33. The van der Waals surface area contributed by atoms with E-state index in [9.17, 15) is 0 Å². The molecule has 0 amide bonds. The van der Waals surface area contributed by atoms with E-state index < -0.39 is 0 Å². The van der Waals surface area contributed by atoms with Gasteiger partial charge in [0.2, 0.25) is 0 Å². The summed E-state index contributed by atoms with van der Waals surface area (Å²) in [6, 6.07) is 10.7. The van der Waals surface area contributed by atoms with Crippen molar-refractivity contribution in [1.29, 1.82) is 0 Å². The van der Waals surface area contributed by atoms with Gasteiger partial charge in [0.1, 0.15) is 0 Å². The van der Waals surface area contributed by atoms with Crippen LogP contribution >= 0.6 is 0 Å². The van der Waals surface area contributed by atoms with Gasteiger partial charge in [0, 0.05) is 11.1 Å². The molecule has 0 bridgehead atoms. The van der Waals surface area contributed by atoms with E-state index in [1.807, 2.05) is 0 Å². The van der Waals surface area contributed by atoms with Crippen molar-refractivity contribution >= 4 is 5.57 Å². The monoisotopic (exact) mass is 215 g/mol. The Morgan fingerprint density at radius 1 is 1.00 bits per heavy atom. The van der Waals surface area contributed by atoms with Crippen LogP contribution in [0.5, 0.6) is 0 Å². The lowest BCUT2D eigenvalue weighted by molar-refractivity contribution is 0.297. The fourth-order valence-electron chi connectivity index (χ4n) is 2.75. The molecule has 0 aromatic heterocycles. The maximum absolute atomic E-state index is 3.66. The maximum Gasteiger partial charge on any atom is 0.0317 e. The lowest BCUT2D eigenvalue weighted by atomic mass is 9.81. The van der Waals surface area contributed by atoms with Crippen LogP contribution in [0.4, 0.5) is 0 Å². The molecule has 1 heteroatoms. The molecule has 0 spiro atoms. The van der Waals surface area contributed by atoms with E-state index in [1.165, 1.54) is 11.1 Å². The molecule has 0 saturated heterocycles. The summed E-state index contributed by atoms with van der Waals surface area (Å²) in [5.41, 5.74) is 3.05. The van der Waals surface area contributed by atoms with Crippen molar-refractivity contribution in [1.82, 2.24) is 5.32 Å². The molecule has 0 fully saturated rings. The first-order chi connectivity index (χ1) is 7.38. The van der Waals surface area contributed by atoms with Crippen molar-refractivity contribution in [2.24, 2.45) is 0 Å². The van der Waals surface area contributed by atoms with E-state index in [-0.39, 0.29) is 11.1 Å². The summed E-state index contributed by atoms with van der Waals surface area (Å²) in [4.78, 5) is 0. The lowest BCUT2D eigenvalue weighted by Gasteiger charge is -2.41. The zero-order valence-electron chi connectivity index (χ0n) is 10.7. The summed E-state index contributed by atoms with van der Waals surface area (Å²) < 4.78 is 0. The molecule has 0 unspecified atom stereocenters. The van der Waals surface area contributed by atoms with Crippen LogP contribution < -0.4 is 5.32 Å². The Morgan fingerprint density at radius 3 is 2.19 bits per heavy atom. The smallest absolute Gasteiger partial charge is 0.0317 e. The summed E-state index contributed by atoms with van der Waals surface area (Å²) in [6.45, 7) is 9.00. The predicted octanol–water partition coefficient (Wildman–Crippen LogP) is 3.62. The third kappa shape index (κ3) is 2.53. The molecule has 16 heavy (non-hydrogen) atoms. The van der Waals surface area contributed by atoms with E-state index >= 15 is 0 Å². The van der Waals surface area contributed by atoms with Gasteiger partial charge >= 0.3 is 0 Å². The van der Waals surface area contributed by atoms with Crippen molar-refractivity contribution < 1.29 is 0 Å². The predicted molar refractivity (Wildman–Crippen MR) is 70.3 cm³/mol. The normalized spacial score (nSPS) is 22.6. The summed E-state index contributed by atoms with van der Waals surface area (Å²) in [6.07, 6.45) is 3.44. The molecule has 0 saturated carbocycles. The first-order valence-electron chi connectivity index (χ1n) is 5.95. The van der Waals surface area contributed by atoms with Gasteiger partial charge in [0.05, 0.1) is 0 Å². The van der Waals surface area contributed by atoms with Gasteiger partial charge in [0.25, 0.3) is 0 Å². The van der Waals surface area contributed by atoms with Gasteiger partial charge in [-0.25, -0.2) is 0 Å². The Hall–Kier alpha value is -1.08. The van der Waals surface area contributed by atoms with Gasteiger partial charge in [0.15, 0.2) is 0 Å². The first-order valence-corrected chi connectivity index (χ1v) is 5.95. The molecule has 0 aliphatic carbocycles. The Labute approximate surface area is 98.6 Å². The molecule has 86 valence electrons. The standard InChI is InChI=1S/C15H21N/c1-14(2)10-13(11-15(3,4)16-14)12-8-6-5-7-9-12/h5-10,16H,11H2,1-4H3. The second-order valence-corrected chi connectivity index (χ2v) is 5.94. The molecule has 2 rings (SSSR count). The van der Waals surface area contributed by atoms with Gasteiger partial charge in [-0.05, 0) is 45.3 Å². The SMILES string of the molecule is CC1(C)C=C(c2ccccc2)CC(C)(C)N1. The van der Waals surface area contributed by atoms with Gasteiger partial charge in [-0.1, -0.05) is 36.4 Å². The van der Waals surface area contributed by atoms with Crippen molar-refractivity contribution in [2.45, 2.75) is 45.2 Å². The molecule has 1 aliphatic rings. The number of nitrogens with one attached hydrogen (secondary N) is 1. The quantitative estimate of drug-likeness (QED) is 0.754. The summed E-state index contributed by atoms with van der Waals surface area (Å²) in [5, 5.41) is 3.66. The van der Waals surface area contributed by atoms with E-state index in [2.05, 4.69) is 69.4 Å². The van der Waals surface area contributed by atoms with Crippen LogP contribution in [-0.2, 0) is 0 Å². The van der Waals surface area contributed by atoms with E-state index in [4.69, 9.17) is 0 Å². The third-order valence-corrected chi connectivity index (χ3v) is 2.97. The van der Waals surface area contributed by atoms with Gasteiger partial charge in [-0.15, -0.1) is 0 Å². The molecular weight excluding hydrogens is 194 g/mol. The molecule has 1 aromatic rings. The highest BCUT2D eigenvalue weighted by molar-refractivity contribution is 5.68. The van der Waals surface area contributed by atoms with Gasteiger partial charge in [-0.2, -0.15) is 0 Å². The molecule has 1 aromatic carbocycles. The van der Waals surface area contributed by atoms with E-state index in [0.29, 0.717) is 0 Å². The minimum Gasteiger partial charge on any atom is -0.303 e. The molecule has 0 atom stereocenters. The average molecular weight is 215 g/mol. The fraction of sp³-hybridized carbons (Fsp3) is 0.467. The lowest BCUT2D eigenvalue weighted by Crippen LogP contribution is -2.53. The Kier molecular flexibility index (Phi) is 2.67. The maximum atomic E-state index is 3.66. The topological polar surface area (TPSA) is 12.0 Å². The van der Waals surface area contributed by atoms with Crippen LogP contribution in [0.15, 0.2) is 36.4 Å². The summed E-state index contributed by atoms with van der Waals surface area (Å²) >= 11 is 0. The van der Waals surface area contributed by atoms with Crippen LogP contribution in [0, 0.1) is 0 Å². The molecule has 1 N–H and O–H groups in total. The minimum absolute atomic E-state index is 0.0763. The van der Waals surface area contributed by atoms with Crippen LogP contribution in [0.1, 0.15) is 39.7 Å². The number of hydrogen-bond donors (Lipinski definition) is 1. The zero-order chi connectivity index (χ0) is 11.8. The second-order valence-electron chi connectivity index (χ2n) is 5.94. The number of rotatable bonds is 1. The van der Waals surface area contributed by atoms with E-state index in [0.717, 1.165) is 6.42 Å². The molecule has 1 aliphatic heterocycles. The van der Waals surface area contributed by atoms with Gasteiger partial charge in [-0.3, -0.25) is 0 Å². The van der Waals surface area contributed by atoms with E-state index in [1.54, 1.807) is 0 Å². The Balaban J connectivity index is 2.38. The third-order valence-electron chi connectivity index (χ3n) is 2.97. The zero-order valence-corrected chi connectivity index (χ0v) is 10.7. The van der Waals surface area contributed by atoms with Crippen molar-refractivity contribution in [3.63, 3.8) is 0 Å². The van der Waals surface area contributed by atoms with Gasteiger partial charge < -0.3 is 5.32 Å². The van der Waals surface area contributed by atoms with Crippen LogP contribution in [0.25, 0.3) is 5.57 Å². The molecule has 0 radical (unpaired) electrons. The average Bonchev–Trinajstić information content (AvgIpc) is 2.14. The van der Waals surface area contributed by atoms with Crippen molar-refractivity contribution in [3.05, 3.63) is 42.0 Å². The Bertz CT molecular complexity index is 399. The highest BCUT2D eigenvalue weighted by atomic mass is 15.0. The molecule has 1 heterocycles.